The number of hydrogen-bond donors (Lipinski definition) is 1. The second kappa shape index (κ2) is 11.2. The molecule has 1 radical (unpaired) electrons. The van der Waals surface area contributed by atoms with Crippen LogP contribution in [0.2, 0.25) is 0 Å². The van der Waals surface area contributed by atoms with Crippen LogP contribution in [0.3, 0.4) is 0 Å². The molecule has 3 nitrogen and oxygen atoms in total. The largest absolute Gasteiger partial charge is 0.512 e. The topological polar surface area (TPSA) is 50.2 Å². The van der Waals surface area contributed by atoms with Gasteiger partial charge < -0.3 is 5.11 Å². The van der Waals surface area contributed by atoms with Crippen LogP contribution < -0.4 is 0 Å². The molecule has 6 rings (SSSR count). The Labute approximate surface area is 254 Å². The molecule has 5 heteroatoms. The molecule has 0 unspecified atom stereocenters. The zero-order valence-corrected chi connectivity index (χ0v) is 27.4. The van der Waals surface area contributed by atoms with Crippen LogP contribution in [-0.4, -0.2) is 15.9 Å². The Morgan fingerprint density at radius 1 is 0.950 bits per heavy atom. The summed E-state index contributed by atoms with van der Waals surface area (Å²) in [5, 5.41) is 13.5. The number of pyridine rings is 1. The van der Waals surface area contributed by atoms with Gasteiger partial charge in [0.1, 0.15) is 0 Å². The van der Waals surface area contributed by atoms with Crippen molar-refractivity contribution in [3.8, 4) is 11.3 Å². The van der Waals surface area contributed by atoms with Crippen LogP contribution in [0.4, 0.5) is 0 Å². The third-order valence-corrected chi connectivity index (χ3v) is 9.18. The minimum atomic E-state index is -0.125. The molecule has 2 aromatic heterocycles. The molecule has 1 N–H and O–H groups in total. The summed E-state index contributed by atoms with van der Waals surface area (Å²) in [5.74, 6) is -0.0625. The molecule has 2 heterocycles. The molecule has 1 aliphatic rings. The number of fused-ring (bicyclic) bond motifs is 5. The molecule has 0 spiro atoms. The molecule has 0 saturated heterocycles. The minimum absolute atomic E-state index is 0. The van der Waals surface area contributed by atoms with E-state index < -0.39 is 0 Å². The molecule has 40 heavy (non-hydrogen) atoms. The fourth-order valence-electron chi connectivity index (χ4n) is 5.79. The fourth-order valence-corrected chi connectivity index (χ4v) is 7.01. The molecular weight excluding hydrogens is 691 g/mol. The second-order valence-corrected chi connectivity index (χ2v) is 13.2. The summed E-state index contributed by atoms with van der Waals surface area (Å²) in [6.07, 6.45) is 5.61. The molecule has 3 aromatic carbocycles. The number of aliphatic hydroxyl groups excluding tert-OH is 1. The third kappa shape index (κ3) is 5.65. The van der Waals surface area contributed by atoms with E-state index >= 15 is 0 Å². The van der Waals surface area contributed by atoms with Gasteiger partial charge in [-0.1, -0.05) is 63.8 Å². The van der Waals surface area contributed by atoms with E-state index in [4.69, 9.17) is 10.1 Å². The molecule has 0 atom stereocenters. The number of carbonyl (C=O) groups excluding carboxylic acids is 1. The van der Waals surface area contributed by atoms with E-state index in [-0.39, 0.29) is 42.5 Å². The maximum atomic E-state index is 10.0. The Hall–Kier alpha value is -2.85. The van der Waals surface area contributed by atoms with Gasteiger partial charge in [0, 0.05) is 52.9 Å². The van der Waals surface area contributed by atoms with E-state index in [1.807, 2.05) is 17.5 Å². The first kappa shape index (κ1) is 30.1. The maximum Gasteiger partial charge on any atom is 0.155 e. The van der Waals surface area contributed by atoms with Crippen molar-refractivity contribution in [3.63, 3.8) is 0 Å². The predicted octanol–water partition coefficient (Wildman–Crippen LogP) is 9.76. The maximum absolute atomic E-state index is 10.0. The van der Waals surface area contributed by atoms with Gasteiger partial charge in [-0.15, -0.1) is 40.5 Å². The number of nitrogens with zero attached hydrogens (tertiary/aromatic N) is 1. The average Bonchev–Trinajstić information content (AvgIpc) is 3.24. The minimum Gasteiger partial charge on any atom is -0.512 e. The van der Waals surface area contributed by atoms with Crippen molar-refractivity contribution in [3.05, 3.63) is 89.3 Å². The smallest absolute Gasteiger partial charge is 0.155 e. The first-order chi connectivity index (χ1) is 18.4. The summed E-state index contributed by atoms with van der Waals surface area (Å²) < 4.78 is 2.64. The number of aromatic nitrogens is 1. The summed E-state index contributed by atoms with van der Waals surface area (Å²) in [4.78, 5) is 14.9. The summed E-state index contributed by atoms with van der Waals surface area (Å²) in [5.41, 5.74) is 6.89. The summed E-state index contributed by atoms with van der Waals surface area (Å²) in [6.45, 7) is 14.6. The number of carbonyl (C=O) groups is 1. The first-order valence-electron chi connectivity index (χ1n) is 13.5. The average molecular weight is 727 g/mol. The molecular formula is C35H36IrNO2S-. The van der Waals surface area contributed by atoms with Gasteiger partial charge in [0.2, 0.25) is 0 Å². The molecule has 0 saturated carbocycles. The Balaban J connectivity index is 0.000000413. The number of allylic oxidation sites excluding steroid dienone is 2. The fraction of sp³-hybridized carbons (Fsp3) is 0.314. The number of aliphatic hydroxyl groups is 1. The number of thiophene rings is 1. The van der Waals surface area contributed by atoms with Crippen LogP contribution >= 0.6 is 11.3 Å². The quantitative estimate of drug-likeness (QED) is 0.112. The number of ketones is 1. The number of benzene rings is 3. The molecule has 1 aliphatic carbocycles. The Morgan fingerprint density at radius 2 is 1.60 bits per heavy atom. The van der Waals surface area contributed by atoms with Crippen molar-refractivity contribution < 1.29 is 30.0 Å². The Kier molecular flexibility index (Phi) is 8.43. The van der Waals surface area contributed by atoms with Crippen LogP contribution in [0.1, 0.15) is 71.1 Å². The van der Waals surface area contributed by atoms with Crippen LogP contribution in [0.5, 0.6) is 0 Å². The molecule has 209 valence electrons. The summed E-state index contributed by atoms with van der Waals surface area (Å²) in [6, 6.07) is 21.6. The second-order valence-electron chi connectivity index (χ2n) is 12.1. The van der Waals surface area contributed by atoms with Crippen LogP contribution in [0.15, 0.2) is 66.6 Å². The Morgan fingerprint density at radius 3 is 2.23 bits per heavy atom. The SMILES string of the molecule is CC(=O)/C=C(/C)O.Cc1cc(-c2nccc3c2sc2cc4c(cc23)C(C)(C)CCC4(C)C)[c-]c2ccccc12.[Ir]. The molecule has 0 fully saturated rings. The van der Waals surface area contributed by atoms with E-state index in [0.717, 1.165) is 16.6 Å². The summed E-state index contributed by atoms with van der Waals surface area (Å²) >= 11 is 1.89. The standard InChI is InChI=1S/C30H28NS.C5H8O2.Ir/c1-18-14-20(15-19-8-6-7-9-21(18)19)27-28-22(10-13-31-27)23-16-24-25(17-26(23)32-28)30(4,5)12-11-29(24,2)3;1-4(6)3-5(2)7;/h6-10,13-14,16-17H,11-12H2,1-5H3;3,6H,1-2H3;/q-1;;/b;4-3-;. The van der Waals surface area contributed by atoms with E-state index in [1.54, 1.807) is 0 Å². The van der Waals surface area contributed by atoms with Gasteiger partial charge in [0.15, 0.2) is 5.78 Å². The van der Waals surface area contributed by atoms with Gasteiger partial charge in [0.25, 0.3) is 0 Å². The van der Waals surface area contributed by atoms with Gasteiger partial charge in [0.05, 0.1) is 5.76 Å². The van der Waals surface area contributed by atoms with Crippen molar-refractivity contribution in [1.82, 2.24) is 4.98 Å². The molecule has 0 aliphatic heterocycles. The van der Waals surface area contributed by atoms with Gasteiger partial charge in [-0.05, 0) is 72.2 Å². The van der Waals surface area contributed by atoms with E-state index in [2.05, 4.69) is 89.2 Å². The van der Waals surface area contributed by atoms with E-state index in [0.29, 0.717) is 0 Å². The number of hydrogen-bond acceptors (Lipinski definition) is 4. The van der Waals surface area contributed by atoms with Crippen LogP contribution in [0.25, 0.3) is 42.2 Å². The predicted molar refractivity (Wildman–Crippen MR) is 166 cm³/mol. The molecule has 0 bridgehead atoms. The van der Waals surface area contributed by atoms with Crippen molar-refractivity contribution >= 4 is 48.1 Å². The van der Waals surface area contributed by atoms with Crippen molar-refractivity contribution in [2.24, 2.45) is 0 Å². The van der Waals surface area contributed by atoms with Gasteiger partial charge in [-0.2, -0.15) is 0 Å². The number of rotatable bonds is 2. The Bertz CT molecular complexity index is 1770. The van der Waals surface area contributed by atoms with Gasteiger partial charge in [-0.3, -0.25) is 9.78 Å². The van der Waals surface area contributed by atoms with E-state index in [1.165, 1.54) is 75.0 Å². The molecule has 0 amide bonds. The van der Waals surface area contributed by atoms with Crippen molar-refractivity contribution in [2.45, 2.75) is 72.1 Å². The third-order valence-electron chi connectivity index (χ3n) is 8.01. The van der Waals surface area contributed by atoms with Gasteiger partial charge in [-0.25, -0.2) is 0 Å². The van der Waals surface area contributed by atoms with Crippen LogP contribution in [-0.2, 0) is 35.7 Å². The van der Waals surface area contributed by atoms with Gasteiger partial charge >= 0.3 is 0 Å². The first-order valence-corrected chi connectivity index (χ1v) is 14.4. The normalized spacial score (nSPS) is 15.7. The number of aryl methyl sites for hydroxylation is 1. The monoisotopic (exact) mass is 727 g/mol. The zero-order chi connectivity index (χ0) is 28.1. The molecule has 5 aromatic rings. The van der Waals surface area contributed by atoms with Crippen LogP contribution in [0, 0.1) is 13.0 Å². The van der Waals surface area contributed by atoms with E-state index in [9.17, 15) is 4.79 Å². The summed E-state index contributed by atoms with van der Waals surface area (Å²) in [7, 11) is 0. The zero-order valence-electron chi connectivity index (χ0n) is 24.2. The van der Waals surface area contributed by atoms with Crippen molar-refractivity contribution in [1.29, 1.82) is 0 Å². The van der Waals surface area contributed by atoms with Crippen molar-refractivity contribution in [2.75, 3.05) is 0 Å².